The number of fused-ring (bicyclic) bond motifs is 10. The highest BCUT2D eigenvalue weighted by Crippen LogP contribution is 2.66. The van der Waals surface area contributed by atoms with Crippen molar-refractivity contribution in [2.45, 2.75) is 24.2 Å². The van der Waals surface area contributed by atoms with Crippen LogP contribution in [-0.4, -0.2) is 0 Å². The topological polar surface area (TPSA) is 6.48 Å². The first-order chi connectivity index (χ1) is 37.2. The van der Waals surface area contributed by atoms with E-state index in [1.165, 1.54) is 77.9 Å². The zero-order valence-electron chi connectivity index (χ0n) is 41.7. The van der Waals surface area contributed by atoms with Crippen molar-refractivity contribution in [1.29, 1.82) is 0 Å². The van der Waals surface area contributed by atoms with E-state index in [0.717, 1.165) is 47.0 Å². The smallest absolute Gasteiger partial charge is 0.0539 e. The van der Waals surface area contributed by atoms with Crippen LogP contribution in [0.15, 0.2) is 297 Å². The highest BCUT2D eigenvalue weighted by atomic mass is 15.2. The van der Waals surface area contributed by atoms with Gasteiger partial charge >= 0.3 is 0 Å². The SMILES string of the molecule is C1=CC(c2ccc(N(c3ccc(-c4ccccc4)cc3)c3ccc4c(c3)C3(c5ccccc5-4)c4ccccc4C4C=CC(N(c5ccc(-c6ccccc6)cc5)c5ccc(-c6ccccc6)cc5)=CC43)cc2)=CCC1. The Morgan fingerprint density at radius 1 is 0.347 bits per heavy atom. The summed E-state index contributed by atoms with van der Waals surface area (Å²) in [7, 11) is 0. The van der Waals surface area contributed by atoms with Gasteiger partial charge in [0.2, 0.25) is 0 Å². The molecule has 0 radical (unpaired) electrons. The molecular formula is C73H54N2. The summed E-state index contributed by atoms with van der Waals surface area (Å²) in [4.78, 5) is 4.93. The van der Waals surface area contributed by atoms with Gasteiger partial charge in [-0.05, 0) is 157 Å². The third-order valence-corrected chi connectivity index (χ3v) is 16.2. The number of hydrogen-bond acceptors (Lipinski definition) is 2. The first-order valence-electron chi connectivity index (χ1n) is 26.5. The highest BCUT2D eigenvalue weighted by Gasteiger charge is 2.57. The van der Waals surface area contributed by atoms with Crippen LogP contribution in [0.4, 0.5) is 28.4 Å². The molecule has 0 fully saturated rings. The molecule has 0 saturated heterocycles. The lowest BCUT2D eigenvalue weighted by atomic mass is 9.65. The van der Waals surface area contributed by atoms with Gasteiger partial charge in [0.25, 0.3) is 0 Å². The largest absolute Gasteiger partial charge is 0.311 e. The molecule has 0 aromatic heterocycles. The van der Waals surface area contributed by atoms with Crippen LogP contribution in [0.1, 0.15) is 46.6 Å². The Morgan fingerprint density at radius 2 is 0.800 bits per heavy atom. The first-order valence-corrected chi connectivity index (χ1v) is 26.5. The van der Waals surface area contributed by atoms with Crippen molar-refractivity contribution >= 4 is 34.0 Å². The molecule has 10 aromatic carbocycles. The van der Waals surface area contributed by atoms with Crippen molar-refractivity contribution in [1.82, 2.24) is 0 Å². The van der Waals surface area contributed by atoms with Crippen LogP contribution in [-0.2, 0) is 5.41 Å². The second kappa shape index (κ2) is 18.7. The van der Waals surface area contributed by atoms with E-state index < -0.39 is 5.41 Å². The monoisotopic (exact) mass is 958 g/mol. The summed E-state index contributed by atoms with van der Waals surface area (Å²) in [5, 5.41) is 0. The van der Waals surface area contributed by atoms with E-state index in [2.05, 4.69) is 301 Å². The lowest BCUT2D eigenvalue weighted by Crippen LogP contribution is -2.34. The van der Waals surface area contributed by atoms with Crippen LogP contribution in [0, 0.1) is 5.92 Å². The fourth-order valence-electron chi connectivity index (χ4n) is 12.7. The molecule has 0 heterocycles. The maximum Gasteiger partial charge on any atom is 0.0539 e. The van der Waals surface area contributed by atoms with Gasteiger partial charge in [-0.25, -0.2) is 0 Å². The molecule has 4 aliphatic carbocycles. The normalized spacial score (nSPS) is 17.6. The summed E-state index contributed by atoms with van der Waals surface area (Å²) >= 11 is 0. The van der Waals surface area contributed by atoms with Crippen LogP contribution in [0.3, 0.4) is 0 Å². The lowest BCUT2D eigenvalue weighted by Gasteiger charge is -2.39. The molecule has 0 bridgehead atoms. The number of hydrogen-bond donors (Lipinski definition) is 0. The van der Waals surface area contributed by atoms with Gasteiger partial charge in [-0.1, -0.05) is 225 Å². The maximum atomic E-state index is 2.62. The van der Waals surface area contributed by atoms with Gasteiger partial charge in [0.05, 0.1) is 5.41 Å². The third-order valence-electron chi connectivity index (χ3n) is 16.2. The third kappa shape index (κ3) is 7.64. The van der Waals surface area contributed by atoms with E-state index in [-0.39, 0.29) is 11.8 Å². The molecule has 3 atom stereocenters. The number of anilines is 5. The minimum Gasteiger partial charge on any atom is -0.311 e. The van der Waals surface area contributed by atoms with Gasteiger partial charge in [0.1, 0.15) is 0 Å². The summed E-state index contributed by atoms with van der Waals surface area (Å²) < 4.78 is 0. The predicted octanol–water partition coefficient (Wildman–Crippen LogP) is 19.2. The van der Waals surface area contributed by atoms with Gasteiger partial charge in [-0.3, -0.25) is 0 Å². The molecule has 3 unspecified atom stereocenters. The van der Waals surface area contributed by atoms with Crippen molar-refractivity contribution in [3.8, 4) is 44.5 Å². The summed E-state index contributed by atoms with van der Waals surface area (Å²) in [5.74, 6) is 0.227. The number of benzene rings is 10. The minimum atomic E-state index is -0.480. The fourth-order valence-corrected chi connectivity index (χ4v) is 12.7. The Bertz CT molecular complexity index is 3770. The van der Waals surface area contributed by atoms with E-state index in [1.54, 1.807) is 0 Å². The van der Waals surface area contributed by atoms with E-state index in [9.17, 15) is 0 Å². The first kappa shape index (κ1) is 44.5. The van der Waals surface area contributed by atoms with Gasteiger partial charge in [0, 0.05) is 46.0 Å². The summed E-state index contributed by atoms with van der Waals surface area (Å²) in [6.07, 6.45) is 16.6. The zero-order chi connectivity index (χ0) is 49.7. The van der Waals surface area contributed by atoms with Gasteiger partial charge in [0.15, 0.2) is 0 Å². The van der Waals surface area contributed by atoms with Crippen LogP contribution >= 0.6 is 0 Å². The number of rotatable bonds is 10. The zero-order valence-corrected chi connectivity index (χ0v) is 41.7. The van der Waals surface area contributed by atoms with Gasteiger partial charge in [-0.15, -0.1) is 0 Å². The van der Waals surface area contributed by atoms with Crippen molar-refractivity contribution in [3.05, 3.63) is 325 Å². The average Bonchev–Trinajstić information content (AvgIpc) is 4.08. The molecule has 75 heavy (non-hydrogen) atoms. The molecule has 4 aliphatic rings. The molecule has 2 heteroatoms. The van der Waals surface area contributed by atoms with E-state index in [1.807, 2.05) is 0 Å². The lowest BCUT2D eigenvalue weighted by molar-refractivity contribution is 0.462. The molecule has 0 amide bonds. The molecule has 356 valence electrons. The molecule has 14 rings (SSSR count). The van der Waals surface area contributed by atoms with Crippen LogP contribution in [0.2, 0.25) is 0 Å². The van der Waals surface area contributed by atoms with Crippen LogP contribution in [0.25, 0.3) is 50.1 Å². The summed E-state index contributed by atoms with van der Waals surface area (Å²) in [6, 6.07) is 94.4. The van der Waals surface area contributed by atoms with Crippen molar-refractivity contribution < 1.29 is 0 Å². The van der Waals surface area contributed by atoms with Crippen LogP contribution in [0.5, 0.6) is 0 Å². The van der Waals surface area contributed by atoms with E-state index in [4.69, 9.17) is 0 Å². The highest BCUT2D eigenvalue weighted by molar-refractivity contribution is 5.90. The Labute approximate surface area is 440 Å². The molecule has 10 aromatic rings. The average molecular weight is 959 g/mol. The Hall–Kier alpha value is -9.24. The quantitative estimate of drug-likeness (QED) is 0.135. The second-order valence-corrected chi connectivity index (χ2v) is 20.3. The van der Waals surface area contributed by atoms with E-state index >= 15 is 0 Å². The molecular weight excluding hydrogens is 905 g/mol. The summed E-state index contributed by atoms with van der Waals surface area (Å²) in [6.45, 7) is 0. The Balaban J connectivity index is 0.937. The standard InChI is InChI=1S/C73H54N2/c1-5-17-51(18-6-1)55-29-37-59(38-30-55)74(60-39-31-56(32-40-60)52-19-7-2-8-20-52)63-45-47-67-65-25-13-15-27-69(65)73(71(67)49-63)70-28-16-14-26-66(70)68-48-46-64(50-72(68)73)75(61-41-33-57(34-42-61)53-21-9-3-10-22-53)62-43-35-58(36-44-62)54-23-11-4-12-24-54/h1-3,5-11,13-50,67,71H,4,12H2. The van der Waals surface area contributed by atoms with Gasteiger partial charge in [-0.2, -0.15) is 0 Å². The van der Waals surface area contributed by atoms with Gasteiger partial charge < -0.3 is 9.80 Å². The number of nitrogens with zero attached hydrogens (tertiary/aromatic N) is 2. The second-order valence-electron chi connectivity index (χ2n) is 20.3. The predicted molar refractivity (Wildman–Crippen MR) is 314 cm³/mol. The Kier molecular flexibility index (Phi) is 11.1. The number of allylic oxidation sites excluding steroid dienone is 7. The van der Waals surface area contributed by atoms with Crippen molar-refractivity contribution in [2.24, 2.45) is 5.92 Å². The van der Waals surface area contributed by atoms with Crippen molar-refractivity contribution in [3.63, 3.8) is 0 Å². The molecule has 2 nitrogen and oxygen atoms in total. The van der Waals surface area contributed by atoms with Crippen LogP contribution < -0.4 is 9.80 Å². The van der Waals surface area contributed by atoms with Crippen molar-refractivity contribution in [2.75, 3.05) is 9.80 Å². The molecule has 1 spiro atoms. The van der Waals surface area contributed by atoms with E-state index in [0.29, 0.717) is 0 Å². The molecule has 0 N–H and O–H groups in total. The molecule has 0 aliphatic heterocycles. The Morgan fingerprint density at radius 3 is 1.35 bits per heavy atom. The fraction of sp³-hybridized carbons (Fsp3) is 0.0685. The molecule has 0 saturated carbocycles. The minimum absolute atomic E-state index is 0.0666. The maximum absolute atomic E-state index is 2.62. The summed E-state index contributed by atoms with van der Waals surface area (Å²) in [5.41, 5.74) is 24.1.